The van der Waals surface area contributed by atoms with Crippen molar-refractivity contribution in [2.75, 3.05) is 26.2 Å². The molecule has 0 unspecified atom stereocenters. The van der Waals surface area contributed by atoms with Gasteiger partial charge in [-0.15, -0.1) is 11.3 Å². The first-order valence-corrected chi connectivity index (χ1v) is 10.2. The largest absolute Gasteiger partial charge is 0.480 e. The highest BCUT2D eigenvalue weighted by Crippen LogP contribution is 2.54. The summed E-state index contributed by atoms with van der Waals surface area (Å²) in [5.41, 5.74) is -0.201. The third-order valence-electron chi connectivity index (χ3n) is 6.36. The van der Waals surface area contributed by atoms with Crippen LogP contribution in [-0.4, -0.2) is 59.8 Å². The SMILES string of the molecule is O=C(O)CN1C[C@@H]2[C@H](CNC(=O)c3cc4ccccc4s3)[C@H]3CC[C@]2(C1)O3. The van der Waals surface area contributed by atoms with Crippen LogP contribution in [0, 0.1) is 11.8 Å². The molecule has 6 nitrogen and oxygen atoms in total. The second kappa shape index (κ2) is 6.29. The van der Waals surface area contributed by atoms with Gasteiger partial charge in [0.05, 0.1) is 23.1 Å². The summed E-state index contributed by atoms with van der Waals surface area (Å²) < 4.78 is 7.43. The molecule has 1 amide bonds. The average molecular weight is 386 g/mol. The molecule has 0 radical (unpaired) electrons. The smallest absolute Gasteiger partial charge is 0.317 e. The zero-order valence-electron chi connectivity index (χ0n) is 14.9. The highest BCUT2D eigenvalue weighted by molar-refractivity contribution is 7.20. The fourth-order valence-electron chi connectivity index (χ4n) is 5.26. The van der Waals surface area contributed by atoms with Gasteiger partial charge in [0.25, 0.3) is 5.91 Å². The quantitative estimate of drug-likeness (QED) is 0.824. The number of benzene rings is 1. The highest BCUT2D eigenvalue weighted by atomic mass is 32.1. The van der Waals surface area contributed by atoms with Crippen molar-refractivity contribution in [2.45, 2.75) is 24.5 Å². The van der Waals surface area contributed by atoms with Crippen LogP contribution in [0.2, 0.25) is 0 Å². The molecule has 7 heteroatoms. The normalized spacial score (nSPS) is 32.1. The van der Waals surface area contributed by atoms with Crippen molar-refractivity contribution in [1.29, 1.82) is 0 Å². The summed E-state index contributed by atoms with van der Waals surface area (Å²) in [6, 6.07) is 9.95. The summed E-state index contributed by atoms with van der Waals surface area (Å²) in [4.78, 5) is 26.4. The van der Waals surface area contributed by atoms with Crippen molar-refractivity contribution in [3.8, 4) is 0 Å². The molecule has 4 atom stereocenters. The number of fused-ring (bicyclic) bond motifs is 2. The first kappa shape index (κ1) is 17.2. The number of likely N-dealkylation sites (tertiary alicyclic amines) is 1. The lowest BCUT2D eigenvalue weighted by atomic mass is 9.73. The number of rotatable bonds is 5. The number of nitrogens with zero attached hydrogens (tertiary/aromatic N) is 1. The minimum absolute atomic E-state index is 0.0339. The maximum absolute atomic E-state index is 12.6. The maximum Gasteiger partial charge on any atom is 0.317 e. The van der Waals surface area contributed by atoms with E-state index >= 15 is 0 Å². The number of thiophene rings is 1. The van der Waals surface area contributed by atoms with Gasteiger partial charge in [-0.1, -0.05) is 18.2 Å². The van der Waals surface area contributed by atoms with Gasteiger partial charge in [0.2, 0.25) is 0 Å². The zero-order chi connectivity index (χ0) is 18.6. The standard InChI is InChI=1S/C20H22N2O4S/c23-18(24)10-22-9-14-13(15-5-6-20(14,11-22)26-15)8-21-19(25)17-7-12-3-1-2-4-16(12)27-17/h1-4,7,13-15H,5-6,8-11H2,(H,21,25)(H,23,24)/t13-,14+,15+,20+/m0/s1. The van der Waals surface area contributed by atoms with Gasteiger partial charge in [-0.2, -0.15) is 0 Å². The van der Waals surface area contributed by atoms with Crippen molar-refractivity contribution >= 4 is 33.3 Å². The molecule has 3 aliphatic rings. The molecule has 3 aliphatic heterocycles. The lowest BCUT2D eigenvalue weighted by Crippen LogP contribution is -2.41. The monoisotopic (exact) mass is 386 g/mol. The second-order valence-electron chi connectivity index (χ2n) is 7.95. The minimum Gasteiger partial charge on any atom is -0.480 e. The Bertz CT molecular complexity index is 879. The van der Waals surface area contributed by atoms with E-state index in [1.807, 2.05) is 35.2 Å². The third-order valence-corrected chi connectivity index (χ3v) is 7.48. The number of carbonyl (C=O) groups is 2. The molecule has 1 aromatic heterocycles. The Morgan fingerprint density at radius 2 is 2.22 bits per heavy atom. The molecule has 0 saturated carbocycles. The Kier molecular flexibility index (Phi) is 4.00. The molecule has 1 aromatic carbocycles. The molecule has 3 saturated heterocycles. The third kappa shape index (κ3) is 2.85. The number of carboxylic acid groups (broad SMARTS) is 1. The summed E-state index contributed by atoms with van der Waals surface area (Å²) in [6.07, 6.45) is 2.18. The van der Waals surface area contributed by atoms with Gasteiger partial charge in [0.1, 0.15) is 0 Å². The lowest BCUT2D eigenvalue weighted by molar-refractivity contribution is -0.138. The summed E-state index contributed by atoms with van der Waals surface area (Å²) in [5, 5.41) is 13.3. The van der Waals surface area contributed by atoms with Gasteiger partial charge >= 0.3 is 5.97 Å². The highest BCUT2D eigenvalue weighted by Gasteiger charge is 2.62. The van der Waals surface area contributed by atoms with E-state index in [-0.39, 0.29) is 30.1 Å². The number of carboxylic acids is 1. The topological polar surface area (TPSA) is 78.9 Å². The Morgan fingerprint density at radius 1 is 1.37 bits per heavy atom. The number of hydrogen-bond donors (Lipinski definition) is 2. The Balaban J connectivity index is 1.27. The predicted octanol–water partition coefficient (Wildman–Crippen LogP) is 2.20. The number of aliphatic carboxylic acids is 1. The lowest BCUT2D eigenvalue weighted by Gasteiger charge is -2.29. The van der Waals surface area contributed by atoms with E-state index in [4.69, 9.17) is 9.84 Å². The Morgan fingerprint density at radius 3 is 3.04 bits per heavy atom. The molecular weight excluding hydrogens is 364 g/mol. The van der Waals surface area contributed by atoms with E-state index in [1.165, 1.54) is 11.3 Å². The Labute approximate surface area is 161 Å². The average Bonchev–Trinajstić information content (AvgIpc) is 3.36. The van der Waals surface area contributed by atoms with Crippen LogP contribution in [0.15, 0.2) is 30.3 Å². The first-order valence-electron chi connectivity index (χ1n) is 9.43. The van der Waals surface area contributed by atoms with Gasteiger partial charge in [0.15, 0.2) is 0 Å². The maximum atomic E-state index is 12.6. The molecule has 1 spiro atoms. The van der Waals surface area contributed by atoms with Crippen LogP contribution >= 0.6 is 11.3 Å². The van der Waals surface area contributed by atoms with Crippen molar-refractivity contribution in [2.24, 2.45) is 11.8 Å². The molecule has 3 fully saturated rings. The Hall–Kier alpha value is -1.96. The van der Waals surface area contributed by atoms with E-state index in [0.29, 0.717) is 19.0 Å². The van der Waals surface area contributed by atoms with Crippen molar-refractivity contribution < 1.29 is 19.4 Å². The minimum atomic E-state index is -0.796. The summed E-state index contributed by atoms with van der Waals surface area (Å²) in [7, 11) is 0. The molecule has 2 N–H and O–H groups in total. The van der Waals surface area contributed by atoms with Gasteiger partial charge < -0.3 is 15.2 Å². The summed E-state index contributed by atoms with van der Waals surface area (Å²) >= 11 is 1.51. The number of carbonyl (C=O) groups excluding carboxylic acids is 1. The van der Waals surface area contributed by atoms with E-state index in [0.717, 1.165) is 34.3 Å². The van der Waals surface area contributed by atoms with Gasteiger partial charge in [-0.3, -0.25) is 14.5 Å². The molecule has 142 valence electrons. The molecule has 2 bridgehead atoms. The van der Waals surface area contributed by atoms with Gasteiger partial charge in [-0.05, 0) is 30.4 Å². The number of hydrogen-bond acceptors (Lipinski definition) is 5. The van der Waals surface area contributed by atoms with Crippen LogP contribution in [0.3, 0.4) is 0 Å². The summed E-state index contributed by atoms with van der Waals surface area (Å²) in [5.74, 6) is -0.266. The van der Waals surface area contributed by atoms with Crippen LogP contribution in [0.1, 0.15) is 22.5 Å². The zero-order valence-corrected chi connectivity index (χ0v) is 15.7. The predicted molar refractivity (Wildman–Crippen MR) is 102 cm³/mol. The first-order chi connectivity index (χ1) is 13.0. The number of ether oxygens (including phenoxy) is 1. The van der Waals surface area contributed by atoms with E-state index in [2.05, 4.69) is 5.32 Å². The van der Waals surface area contributed by atoms with Gasteiger partial charge in [-0.25, -0.2) is 0 Å². The fourth-order valence-corrected chi connectivity index (χ4v) is 6.24. The van der Waals surface area contributed by atoms with Crippen molar-refractivity contribution in [3.63, 3.8) is 0 Å². The van der Waals surface area contributed by atoms with Crippen molar-refractivity contribution in [3.05, 3.63) is 35.2 Å². The van der Waals surface area contributed by atoms with E-state index in [9.17, 15) is 9.59 Å². The van der Waals surface area contributed by atoms with E-state index in [1.54, 1.807) is 0 Å². The van der Waals surface area contributed by atoms with Crippen LogP contribution in [-0.2, 0) is 9.53 Å². The molecule has 27 heavy (non-hydrogen) atoms. The van der Waals surface area contributed by atoms with Crippen LogP contribution < -0.4 is 5.32 Å². The number of nitrogens with one attached hydrogen (secondary N) is 1. The van der Waals surface area contributed by atoms with Crippen LogP contribution in [0.5, 0.6) is 0 Å². The van der Waals surface area contributed by atoms with Crippen LogP contribution in [0.25, 0.3) is 10.1 Å². The molecular formula is C20H22N2O4S. The van der Waals surface area contributed by atoms with Gasteiger partial charge in [0, 0.05) is 36.2 Å². The van der Waals surface area contributed by atoms with E-state index < -0.39 is 5.97 Å². The fraction of sp³-hybridized carbons (Fsp3) is 0.500. The van der Waals surface area contributed by atoms with Crippen molar-refractivity contribution in [1.82, 2.24) is 10.2 Å². The second-order valence-corrected chi connectivity index (χ2v) is 9.04. The molecule has 4 heterocycles. The van der Waals surface area contributed by atoms with Crippen LogP contribution in [0.4, 0.5) is 0 Å². The molecule has 0 aliphatic carbocycles. The molecule has 5 rings (SSSR count). The molecule has 2 aromatic rings. The summed E-state index contributed by atoms with van der Waals surface area (Å²) in [6.45, 7) is 2.09. The number of amides is 1.